The van der Waals surface area contributed by atoms with Gasteiger partial charge in [0, 0.05) is 73.4 Å². The van der Waals surface area contributed by atoms with Crippen LogP contribution in [0.2, 0.25) is 5.02 Å². The normalized spacial score (nSPS) is 15.0. The first-order valence-corrected chi connectivity index (χ1v) is 26.4. The van der Waals surface area contributed by atoms with E-state index in [1.165, 1.54) is 18.4 Å². The first-order chi connectivity index (χ1) is 32.0. The summed E-state index contributed by atoms with van der Waals surface area (Å²) in [5, 5.41) is 1.75. The van der Waals surface area contributed by atoms with E-state index in [-0.39, 0.29) is 35.1 Å². The van der Waals surface area contributed by atoms with Crippen molar-refractivity contribution in [1.82, 2.24) is 13.6 Å². The van der Waals surface area contributed by atoms with Crippen molar-refractivity contribution in [3.63, 3.8) is 0 Å². The molecule has 5 unspecified atom stereocenters. The summed E-state index contributed by atoms with van der Waals surface area (Å²) < 4.78 is 57.0. The van der Waals surface area contributed by atoms with Crippen molar-refractivity contribution < 1.29 is 21.6 Å². The van der Waals surface area contributed by atoms with Gasteiger partial charge in [0.05, 0.1) is 27.4 Å². The van der Waals surface area contributed by atoms with Gasteiger partial charge in [-0.1, -0.05) is 88.5 Å². The topological polar surface area (TPSA) is 227 Å². The predicted octanol–water partition coefficient (Wildman–Crippen LogP) is 9.93. The Labute approximate surface area is 418 Å². The maximum absolute atomic E-state index is 12.4. The summed E-state index contributed by atoms with van der Waals surface area (Å²) in [7, 11) is -2.03. The first kappa shape index (κ1) is 58.0. The minimum Gasteiger partial charge on any atom is -0.495 e. The standard InChI is InChI=1S/C13H20N2O2S.C11H12N2.C10H16N2O2S.C9H12ClNO.C8H10BrN/c1-11(14)12-5-7-13(8-6-12)18(16,17)15-9-3-2-4-10-15;1-8(12)9-4-5-11-10(7-9)3-2-6-13-11;1-8(11)9-4-6-10(7-5-9)15(13,14)12(2)3;1-6(11)7-3-4-9(12-2)8(10)5-7;1-6(10)7-3-2-4-8(9)5-7/h5-8,11H,2-4,9-10,14H2,1H3;2-8H,12H2,1H3;4-8H,11H2,1-3H3;3-6H,11H2,1-2H3;2-6H,10H2,1H3. The van der Waals surface area contributed by atoms with Gasteiger partial charge in [0.25, 0.3) is 0 Å². The Balaban J connectivity index is 0.000000228. The Morgan fingerprint density at radius 2 is 1.07 bits per heavy atom. The molecule has 5 aromatic carbocycles. The van der Waals surface area contributed by atoms with Gasteiger partial charge in [0.1, 0.15) is 5.75 Å². The summed E-state index contributed by atoms with van der Waals surface area (Å²) in [4.78, 5) is 4.90. The van der Waals surface area contributed by atoms with Crippen molar-refractivity contribution in [3.05, 3.63) is 165 Å². The van der Waals surface area contributed by atoms with Crippen LogP contribution in [0.25, 0.3) is 10.9 Å². The fourth-order valence-electron chi connectivity index (χ4n) is 6.48. The Bertz CT molecular complexity index is 2680. The third-order valence-corrected chi connectivity index (χ3v) is 15.3. The van der Waals surface area contributed by atoms with E-state index < -0.39 is 20.0 Å². The molecule has 2 heterocycles. The molecule has 1 aliphatic rings. The largest absolute Gasteiger partial charge is 0.495 e. The van der Waals surface area contributed by atoms with E-state index in [9.17, 15) is 16.8 Å². The van der Waals surface area contributed by atoms with Crippen molar-refractivity contribution in [2.75, 3.05) is 34.3 Å². The number of sulfonamides is 2. The maximum atomic E-state index is 12.4. The van der Waals surface area contributed by atoms with Gasteiger partial charge in [0.2, 0.25) is 20.0 Å². The summed E-state index contributed by atoms with van der Waals surface area (Å²) in [5.41, 5.74) is 34.8. The number of piperidine rings is 1. The zero-order valence-electron chi connectivity index (χ0n) is 40.4. The number of pyridine rings is 1. The number of nitrogens with zero attached hydrogens (tertiary/aromatic N) is 3. The molecule has 1 aliphatic heterocycles. The summed E-state index contributed by atoms with van der Waals surface area (Å²) in [6.45, 7) is 10.9. The SMILES string of the molecule is CC(N)c1ccc(S(=O)(=O)N(C)C)cc1.CC(N)c1ccc(S(=O)(=O)N2CCCCC2)cc1.CC(N)c1ccc2ncccc2c1.CC(N)c1cccc(Br)c1.COc1ccc(C(C)N)cc1Cl. The molecule has 0 spiro atoms. The average molecular weight is 1050 g/mol. The van der Waals surface area contributed by atoms with Crippen LogP contribution in [-0.4, -0.2) is 64.7 Å². The molecular formula is C51H70BrClN8O5S2. The molecule has 6 aromatic rings. The van der Waals surface area contributed by atoms with Gasteiger partial charge in [-0.15, -0.1) is 0 Å². The molecule has 0 bridgehead atoms. The highest BCUT2D eigenvalue weighted by molar-refractivity contribution is 9.10. The molecule has 1 fully saturated rings. The number of ether oxygens (including phenoxy) is 1. The Hall–Kier alpha value is -4.30. The van der Waals surface area contributed by atoms with E-state index in [4.69, 9.17) is 45.0 Å². The van der Waals surface area contributed by atoms with Gasteiger partial charge in [0.15, 0.2) is 0 Å². The molecule has 0 radical (unpaired) electrons. The molecular weight excluding hydrogens is 984 g/mol. The molecule has 0 amide bonds. The maximum Gasteiger partial charge on any atom is 0.243 e. The molecule has 13 nitrogen and oxygen atoms in total. The molecule has 17 heteroatoms. The third-order valence-electron chi connectivity index (χ3n) is 10.8. The fourth-order valence-corrected chi connectivity index (χ4v) is 9.59. The van der Waals surface area contributed by atoms with Gasteiger partial charge in [-0.2, -0.15) is 4.31 Å². The third kappa shape index (κ3) is 17.9. The van der Waals surface area contributed by atoms with Gasteiger partial charge >= 0.3 is 0 Å². The number of benzene rings is 5. The number of aromatic nitrogens is 1. The minimum atomic E-state index is -3.33. The Morgan fingerprint density at radius 1 is 0.603 bits per heavy atom. The zero-order valence-corrected chi connectivity index (χ0v) is 44.4. The summed E-state index contributed by atoms with van der Waals surface area (Å²) in [5.74, 6) is 0.682. The lowest BCUT2D eigenvalue weighted by Crippen LogP contribution is -2.35. The molecule has 10 N–H and O–H groups in total. The lowest BCUT2D eigenvalue weighted by Gasteiger charge is -2.26. The number of hydrogen-bond acceptors (Lipinski definition) is 11. The number of halogens is 2. The number of fused-ring (bicyclic) bond motifs is 1. The molecule has 1 aromatic heterocycles. The average Bonchev–Trinajstić information content (AvgIpc) is 3.32. The van der Waals surface area contributed by atoms with E-state index in [0.717, 1.165) is 62.5 Å². The number of hydrogen-bond donors (Lipinski definition) is 5. The minimum absolute atomic E-state index is 0.00778. The molecule has 68 heavy (non-hydrogen) atoms. The second-order valence-electron chi connectivity index (χ2n) is 16.7. The van der Waals surface area contributed by atoms with E-state index >= 15 is 0 Å². The van der Waals surface area contributed by atoms with Crippen LogP contribution in [0, 0.1) is 0 Å². The van der Waals surface area contributed by atoms with Gasteiger partial charge in [-0.05, 0) is 142 Å². The lowest BCUT2D eigenvalue weighted by molar-refractivity contribution is 0.346. The van der Waals surface area contributed by atoms with E-state index in [2.05, 4.69) is 27.0 Å². The summed E-state index contributed by atoms with van der Waals surface area (Å²) >= 11 is 9.27. The fraction of sp³-hybridized carbons (Fsp3) is 0.353. The van der Waals surface area contributed by atoms with E-state index in [0.29, 0.717) is 28.8 Å². The highest BCUT2D eigenvalue weighted by atomic mass is 79.9. The number of nitrogens with two attached hydrogens (primary N) is 5. The number of rotatable bonds is 10. The lowest BCUT2D eigenvalue weighted by atomic mass is 10.1. The predicted molar refractivity (Wildman–Crippen MR) is 283 cm³/mol. The van der Waals surface area contributed by atoms with Crippen molar-refractivity contribution >= 4 is 58.5 Å². The highest BCUT2D eigenvalue weighted by Gasteiger charge is 2.25. The first-order valence-electron chi connectivity index (χ1n) is 22.3. The Morgan fingerprint density at radius 3 is 1.53 bits per heavy atom. The van der Waals surface area contributed by atoms with Crippen LogP contribution in [0.4, 0.5) is 0 Å². The smallest absolute Gasteiger partial charge is 0.243 e. The molecule has 1 saturated heterocycles. The van der Waals surface area contributed by atoms with Crippen LogP contribution in [0.3, 0.4) is 0 Å². The van der Waals surface area contributed by atoms with Gasteiger partial charge < -0.3 is 33.4 Å². The molecule has 5 atom stereocenters. The number of methoxy groups -OCH3 is 1. The van der Waals surface area contributed by atoms with Crippen LogP contribution >= 0.6 is 27.5 Å². The van der Waals surface area contributed by atoms with Crippen LogP contribution in [0.5, 0.6) is 5.75 Å². The molecule has 370 valence electrons. The van der Waals surface area contributed by atoms with Gasteiger partial charge in [-0.3, -0.25) is 4.98 Å². The van der Waals surface area contributed by atoms with Crippen LogP contribution in [-0.2, 0) is 20.0 Å². The van der Waals surface area contributed by atoms with E-state index in [1.54, 1.807) is 66.1 Å². The second-order valence-corrected chi connectivity index (χ2v) is 22.2. The quantitative estimate of drug-likeness (QED) is 0.0867. The van der Waals surface area contributed by atoms with Crippen LogP contribution < -0.4 is 33.4 Å². The molecule has 7 rings (SSSR count). The summed E-state index contributed by atoms with van der Waals surface area (Å²) in [6, 6.07) is 37.3. The van der Waals surface area contributed by atoms with Crippen LogP contribution in [0.1, 0.15) is 112 Å². The monoisotopic (exact) mass is 1050 g/mol. The van der Waals surface area contributed by atoms with Crippen LogP contribution in [0.15, 0.2) is 142 Å². The van der Waals surface area contributed by atoms with Gasteiger partial charge in [-0.25, -0.2) is 21.1 Å². The summed E-state index contributed by atoms with van der Waals surface area (Å²) in [6.07, 6.45) is 4.83. The van der Waals surface area contributed by atoms with E-state index in [1.807, 2.05) is 101 Å². The van der Waals surface area contributed by atoms with Crippen molar-refractivity contribution in [2.45, 2.75) is 93.9 Å². The Kier molecular flexibility index (Phi) is 23.7. The highest BCUT2D eigenvalue weighted by Crippen LogP contribution is 2.27. The molecule has 0 saturated carbocycles. The molecule has 0 aliphatic carbocycles. The van der Waals surface area contributed by atoms with Crippen molar-refractivity contribution in [3.8, 4) is 5.75 Å². The van der Waals surface area contributed by atoms with Crippen molar-refractivity contribution in [1.29, 1.82) is 0 Å². The zero-order chi connectivity index (χ0) is 50.8. The van der Waals surface area contributed by atoms with Crippen molar-refractivity contribution in [2.24, 2.45) is 28.7 Å². The second kappa shape index (κ2) is 27.8.